The third kappa shape index (κ3) is 3.54. The second-order valence-electron chi connectivity index (χ2n) is 4.43. The minimum Gasteiger partial charge on any atom is -0.380 e. The Labute approximate surface area is 116 Å². The van der Waals surface area contributed by atoms with Gasteiger partial charge in [-0.2, -0.15) is 0 Å². The normalized spacial score (nSPS) is 10.3. The average Bonchev–Trinajstić information content (AvgIpc) is 2.75. The first-order valence-electron chi connectivity index (χ1n) is 6.07. The Kier molecular flexibility index (Phi) is 4.16. The molecule has 0 radical (unpaired) electrons. The lowest BCUT2D eigenvalue weighted by molar-refractivity contribution is -0.114. The molecule has 0 atom stereocenters. The molecule has 0 saturated carbocycles. The summed E-state index contributed by atoms with van der Waals surface area (Å²) in [5.74, 6) is -0.0518. The molecule has 5 heteroatoms. The van der Waals surface area contributed by atoms with Crippen molar-refractivity contribution >= 4 is 28.6 Å². The lowest BCUT2D eigenvalue weighted by Gasteiger charge is -2.10. The Morgan fingerprint density at radius 1 is 1.37 bits per heavy atom. The molecular formula is C14H17N3OS. The Balaban J connectivity index is 2.04. The molecular weight excluding hydrogens is 258 g/mol. The van der Waals surface area contributed by atoms with Crippen LogP contribution in [0.4, 0.5) is 11.4 Å². The van der Waals surface area contributed by atoms with Crippen LogP contribution in [0.5, 0.6) is 0 Å². The molecule has 0 bridgehead atoms. The van der Waals surface area contributed by atoms with Crippen molar-refractivity contribution in [2.45, 2.75) is 27.3 Å². The highest BCUT2D eigenvalue weighted by Gasteiger charge is 2.04. The van der Waals surface area contributed by atoms with Gasteiger partial charge in [-0.15, -0.1) is 11.3 Å². The minimum absolute atomic E-state index is 0.0518. The molecule has 1 aromatic heterocycles. The van der Waals surface area contributed by atoms with Crippen LogP contribution in [0.3, 0.4) is 0 Å². The molecule has 100 valence electrons. The van der Waals surface area contributed by atoms with Crippen LogP contribution < -0.4 is 10.6 Å². The van der Waals surface area contributed by atoms with E-state index >= 15 is 0 Å². The summed E-state index contributed by atoms with van der Waals surface area (Å²) in [5.41, 5.74) is 5.87. The molecule has 0 aliphatic rings. The molecule has 0 aliphatic carbocycles. The SMILES string of the molecule is CC(=O)Nc1ccc(NCc2scnc2C)cc1C. The van der Waals surface area contributed by atoms with Gasteiger partial charge in [-0.3, -0.25) is 4.79 Å². The van der Waals surface area contributed by atoms with Crippen LogP contribution in [0.25, 0.3) is 0 Å². The molecule has 2 N–H and O–H groups in total. The Bertz CT molecular complexity index is 592. The fourth-order valence-corrected chi connectivity index (χ4v) is 2.50. The number of carbonyl (C=O) groups is 1. The molecule has 2 aromatic rings. The van der Waals surface area contributed by atoms with Crippen molar-refractivity contribution in [1.82, 2.24) is 4.98 Å². The molecule has 0 unspecified atom stereocenters. The second kappa shape index (κ2) is 5.84. The topological polar surface area (TPSA) is 54.0 Å². The second-order valence-corrected chi connectivity index (χ2v) is 5.36. The van der Waals surface area contributed by atoms with Crippen molar-refractivity contribution in [2.75, 3.05) is 10.6 Å². The van der Waals surface area contributed by atoms with E-state index in [-0.39, 0.29) is 5.91 Å². The molecule has 0 saturated heterocycles. The van der Waals surface area contributed by atoms with Gasteiger partial charge in [-0.25, -0.2) is 4.98 Å². The predicted molar refractivity (Wildman–Crippen MR) is 79.7 cm³/mol. The third-order valence-corrected chi connectivity index (χ3v) is 3.77. The summed E-state index contributed by atoms with van der Waals surface area (Å²) < 4.78 is 0. The van der Waals surface area contributed by atoms with Crippen LogP contribution in [0.2, 0.25) is 0 Å². The number of anilines is 2. The Morgan fingerprint density at radius 2 is 2.16 bits per heavy atom. The van der Waals surface area contributed by atoms with Gasteiger partial charge in [0.1, 0.15) is 0 Å². The van der Waals surface area contributed by atoms with Crippen molar-refractivity contribution in [2.24, 2.45) is 0 Å². The monoisotopic (exact) mass is 275 g/mol. The van der Waals surface area contributed by atoms with Gasteiger partial charge < -0.3 is 10.6 Å². The molecule has 2 rings (SSSR count). The number of rotatable bonds is 4. The predicted octanol–water partition coefficient (Wildman–Crippen LogP) is 3.33. The van der Waals surface area contributed by atoms with Gasteiger partial charge in [-0.05, 0) is 37.6 Å². The van der Waals surface area contributed by atoms with Crippen molar-refractivity contribution in [3.63, 3.8) is 0 Å². The van der Waals surface area contributed by atoms with Gasteiger partial charge in [0.2, 0.25) is 5.91 Å². The van der Waals surface area contributed by atoms with E-state index in [4.69, 9.17) is 0 Å². The highest BCUT2D eigenvalue weighted by Crippen LogP contribution is 2.21. The zero-order chi connectivity index (χ0) is 13.8. The van der Waals surface area contributed by atoms with Gasteiger partial charge in [0.25, 0.3) is 0 Å². The first-order chi connectivity index (χ1) is 9.06. The smallest absolute Gasteiger partial charge is 0.221 e. The number of thiazole rings is 1. The number of carbonyl (C=O) groups excluding carboxylic acids is 1. The summed E-state index contributed by atoms with van der Waals surface area (Å²) in [6, 6.07) is 5.91. The molecule has 4 nitrogen and oxygen atoms in total. The maximum atomic E-state index is 11.0. The van der Waals surface area contributed by atoms with E-state index in [9.17, 15) is 4.79 Å². The molecule has 0 fully saturated rings. The van der Waals surface area contributed by atoms with E-state index in [1.54, 1.807) is 11.3 Å². The van der Waals surface area contributed by atoms with Crippen molar-refractivity contribution in [3.8, 4) is 0 Å². The van der Waals surface area contributed by atoms with Crippen LogP contribution >= 0.6 is 11.3 Å². The highest BCUT2D eigenvalue weighted by molar-refractivity contribution is 7.09. The van der Waals surface area contributed by atoms with E-state index in [1.807, 2.05) is 37.6 Å². The maximum Gasteiger partial charge on any atom is 0.221 e. The van der Waals surface area contributed by atoms with E-state index in [0.717, 1.165) is 29.2 Å². The zero-order valence-corrected chi connectivity index (χ0v) is 12.1. The quantitative estimate of drug-likeness (QED) is 0.900. The van der Waals surface area contributed by atoms with Gasteiger partial charge in [0.05, 0.1) is 17.7 Å². The van der Waals surface area contributed by atoms with E-state index < -0.39 is 0 Å². The standard InChI is InChI=1S/C14H17N3OS/c1-9-6-12(4-5-13(9)17-11(3)18)15-7-14-10(2)16-8-19-14/h4-6,8,15H,7H2,1-3H3,(H,17,18). The lowest BCUT2D eigenvalue weighted by atomic mass is 10.1. The number of hydrogen-bond donors (Lipinski definition) is 2. The van der Waals surface area contributed by atoms with Gasteiger partial charge in [0.15, 0.2) is 0 Å². The van der Waals surface area contributed by atoms with Gasteiger partial charge in [-0.1, -0.05) is 0 Å². The number of aromatic nitrogens is 1. The summed E-state index contributed by atoms with van der Waals surface area (Å²) in [6.45, 7) is 6.28. The Morgan fingerprint density at radius 3 is 2.74 bits per heavy atom. The van der Waals surface area contributed by atoms with Crippen LogP contribution in [-0.2, 0) is 11.3 Å². The number of nitrogens with one attached hydrogen (secondary N) is 2. The first kappa shape index (κ1) is 13.5. The number of benzene rings is 1. The van der Waals surface area contributed by atoms with Crippen LogP contribution in [-0.4, -0.2) is 10.9 Å². The molecule has 1 heterocycles. The van der Waals surface area contributed by atoms with E-state index in [0.29, 0.717) is 0 Å². The molecule has 19 heavy (non-hydrogen) atoms. The van der Waals surface area contributed by atoms with Crippen molar-refractivity contribution in [1.29, 1.82) is 0 Å². The summed E-state index contributed by atoms with van der Waals surface area (Å²) >= 11 is 1.65. The summed E-state index contributed by atoms with van der Waals surface area (Å²) in [5, 5.41) is 6.17. The largest absolute Gasteiger partial charge is 0.380 e. The minimum atomic E-state index is -0.0518. The van der Waals surface area contributed by atoms with Crippen LogP contribution in [0.1, 0.15) is 23.1 Å². The molecule has 1 amide bonds. The highest BCUT2D eigenvalue weighted by atomic mass is 32.1. The maximum absolute atomic E-state index is 11.0. The van der Waals surface area contributed by atoms with Crippen molar-refractivity contribution < 1.29 is 4.79 Å². The zero-order valence-electron chi connectivity index (χ0n) is 11.3. The van der Waals surface area contributed by atoms with Gasteiger partial charge in [0, 0.05) is 23.2 Å². The summed E-state index contributed by atoms with van der Waals surface area (Å²) in [4.78, 5) is 16.5. The first-order valence-corrected chi connectivity index (χ1v) is 6.95. The fourth-order valence-electron chi connectivity index (χ4n) is 1.78. The number of nitrogens with zero attached hydrogens (tertiary/aromatic N) is 1. The van der Waals surface area contributed by atoms with E-state index in [2.05, 4.69) is 15.6 Å². The van der Waals surface area contributed by atoms with Crippen molar-refractivity contribution in [3.05, 3.63) is 39.8 Å². The summed E-state index contributed by atoms with van der Waals surface area (Å²) in [7, 11) is 0. The summed E-state index contributed by atoms with van der Waals surface area (Å²) in [6.07, 6.45) is 0. The number of hydrogen-bond acceptors (Lipinski definition) is 4. The lowest BCUT2D eigenvalue weighted by Crippen LogP contribution is -2.07. The fraction of sp³-hybridized carbons (Fsp3) is 0.286. The van der Waals surface area contributed by atoms with E-state index in [1.165, 1.54) is 11.8 Å². The molecule has 0 spiro atoms. The number of aryl methyl sites for hydroxylation is 2. The van der Waals surface area contributed by atoms with Gasteiger partial charge >= 0.3 is 0 Å². The average molecular weight is 275 g/mol. The van der Waals surface area contributed by atoms with Crippen LogP contribution in [0, 0.1) is 13.8 Å². The number of amides is 1. The van der Waals surface area contributed by atoms with Crippen LogP contribution in [0.15, 0.2) is 23.7 Å². The molecule has 1 aromatic carbocycles. The third-order valence-electron chi connectivity index (χ3n) is 2.84. The molecule has 0 aliphatic heterocycles. The Hall–Kier alpha value is -1.88.